The third-order valence-electron chi connectivity index (χ3n) is 6.42. The van der Waals surface area contributed by atoms with Crippen molar-refractivity contribution in [2.75, 3.05) is 19.7 Å². The van der Waals surface area contributed by atoms with Gasteiger partial charge < -0.3 is 14.6 Å². The van der Waals surface area contributed by atoms with Crippen LogP contribution in [0.1, 0.15) is 57.1 Å². The minimum Gasteiger partial charge on any atom is -0.379 e. The van der Waals surface area contributed by atoms with Gasteiger partial charge in [-0.25, -0.2) is 4.79 Å². The van der Waals surface area contributed by atoms with Gasteiger partial charge in [-0.1, -0.05) is 11.6 Å². The first-order chi connectivity index (χ1) is 13.1. The molecule has 0 spiro atoms. The zero-order chi connectivity index (χ0) is 19.0. The average molecular weight is 428 g/mol. The molecule has 1 aromatic heterocycles. The topological polar surface area (TPSA) is 50.3 Å². The zero-order valence-corrected chi connectivity index (χ0v) is 18.3. The first-order valence-electron chi connectivity index (χ1n) is 10.3. The molecule has 1 aromatic carbocycles. The number of imidazole rings is 1. The molecule has 0 unspecified atom stereocenters. The van der Waals surface area contributed by atoms with Crippen LogP contribution in [0.25, 0.3) is 11.0 Å². The molecule has 156 valence electrons. The van der Waals surface area contributed by atoms with Gasteiger partial charge in [-0.3, -0.25) is 4.57 Å². The number of aromatic amines is 1. The molecule has 0 bridgehead atoms. The Bertz CT molecular complexity index is 847. The summed E-state index contributed by atoms with van der Waals surface area (Å²) in [5.41, 5.74) is 2.81. The van der Waals surface area contributed by atoms with Crippen molar-refractivity contribution in [3.63, 3.8) is 0 Å². The molecule has 1 saturated carbocycles. The number of likely N-dealkylation sites (tertiary alicyclic amines) is 1. The van der Waals surface area contributed by atoms with Gasteiger partial charge in [0.1, 0.15) is 0 Å². The van der Waals surface area contributed by atoms with Crippen LogP contribution in [-0.2, 0) is 4.74 Å². The Balaban J connectivity index is 0.00000225. The molecule has 2 aliphatic rings. The van der Waals surface area contributed by atoms with E-state index in [0.29, 0.717) is 12.1 Å². The summed E-state index contributed by atoms with van der Waals surface area (Å²) >= 11 is 6.32. The minimum atomic E-state index is -0.0117. The summed E-state index contributed by atoms with van der Waals surface area (Å²) in [6.07, 6.45) is 7.32. The first-order valence-corrected chi connectivity index (χ1v) is 10.7. The fraction of sp³-hybridized carbons (Fsp3) is 0.667. The van der Waals surface area contributed by atoms with Crippen molar-refractivity contribution in [3.8, 4) is 0 Å². The number of halogens is 2. The molecule has 1 aliphatic carbocycles. The van der Waals surface area contributed by atoms with Crippen LogP contribution in [0.5, 0.6) is 0 Å². The molecule has 1 aliphatic heterocycles. The van der Waals surface area contributed by atoms with Gasteiger partial charge in [-0.2, -0.15) is 0 Å². The van der Waals surface area contributed by atoms with Gasteiger partial charge in [0.2, 0.25) is 0 Å². The molecule has 5 nitrogen and oxygen atoms in total. The Kier molecular flexibility index (Phi) is 7.13. The highest BCUT2D eigenvalue weighted by molar-refractivity contribution is 6.32. The van der Waals surface area contributed by atoms with E-state index in [4.69, 9.17) is 16.3 Å². The number of nitrogens with zero attached hydrogens (tertiary/aromatic N) is 2. The normalized spacial score (nSPS) is 24.4. The van der Waals surface area contributed by atoms with Gasteiger partial charge in [0.15, 0.2) is 0 Å². The number of fused-ring (bicyclic) bond motifs is 1. The number of aryl methyl sites for hydroxylation is 1. The Hall–Kier alpha value is -1.01. The van der Waals surface area contributed by atoms with E-state index in [1.807, 2.05) is 23.6 Å². The lowest BCUT2D eigenvalue weighted by atomic mass is 9.90. The summed E-state index contributed by atoms with van der Waals surface area (Å²) in [6, 6.07) is 4.84. The Morgan fingerprint density at radius 1 is 1.11 bits per heavy atom. The van der Waals surface area contributed by atoms with Gasteiger partial charge in [-0.15, -0.1) is 12.4 Å². The fourth-order valence-corrected chi connectivity index (χ4v) is 5.10. The maximum absolute atomic E-state index is 12.6. The van der Waals surface area contributed by atoms with Crippen LogP contribution in [-0.4, -0.2) is 46.3 Å². The predicted molar refractivity (Wildman–Crippen MR) is 117 cm³/mol. The quantitative estimate of drug-likeness (QED) is 0.768. The summed E-state index contributed by atoms with van der Waals surface area (Å²) in [6.45, 7) is 7.00. The van der Waals surface area contributed by atoms with Crippen LogP contribution in [0.4, 0.5) is 0 Å². The summed E-state index contributed by atoms with van der Waals surface area (Å²) in [4.78, 5) is 18.2. The number of benzene rings is 1. The summed E-state index contributed by atoms with van der Waals surface area (Å²) in [7, 11) is 0. The third-order valence-corrected chi connectivity index (χ3v) is 6.83. The maximum atomic E-state index is 12.6. The average Bonchev–Trinajstić information content (AvgIpc) is 2.98. The number of H-pyrrole nitrogens is 1. The van der Waals surface area contributed by atoms with Gasteiger partial charge >= 0.3 is 5.69 Å². The van der Waals surface area contributed by atoms with E-state index < -0.39 is 0 Å². The molecule has 0 radical (unpaired) electrons. The molecule has 2 heterocycles. The van der Waals surface area contributed by atoms with Crippen molar-refractivity contribution in [1.82, 2.24) is 14.5 Å². The van der Waals surface area contributed by atoms with Crippen LogP contribution in [0.3, 0.4) is 0 Å². The zero-order valence-electron chi connectivity index (χ0n) is 16.7. The summed E-state index contributed by atoms with van der Waals surface area (Å²) < 4.78 is 7.72. The van der Waals surface area contributed by atoms with Crippen LogP contribution < -0.4 is 5.69 Å². The second-order valence-electron chi connectivity index (χ2n) is 8.07. The van der Waals surface area contributed by atoms with E-state index in [-0.39, 0.29) is 24.1 Å². The van der Waals surface area contributed by atoms with Crippen LogP contribution in [0.15, 0.2) is 16.9 Å². The van der Waals surface area contributed by atoms with Gasteiger partial charge in [0.05, 0.1) is 17.1 Å². The van der Waals surface area contributed by atoms with Gasteiger partial charge in [0, 0.05) is 36.8 Å². The van der Waals surface area contributed by atoms with Crippen molar-refractivity contribution in [1.29, 1.82) is 0 Å². The predicted octanol–water partition coefficient (Wildman–Crippen LogP) is 4.70. The molecule has 0 amide bonds. The van der Waals surface area contributed by atoms with Crippen molar-refractivity contribution >= 4 is 35.0 Å². The molecule has 28 heavy (non-hydrogen) atoms. The van der Waals surface area contributed by atoms with Crippen LogP contribution in [0, 0.1) is 6.92 Å². The smallest absolute Gasteiger partial charge is 0.326 e. The van der Waals surface area contributed by atoms with Crippen molar-refractivity contribution in [2.24, 2.45) is 0 Å². The molecule has 7 heteroatoms. The summed E-state index contributed by atoms with van der Waals surface area (Å²) in [5.74, 6) is 0. The highest BCUT2D eigenvalue weighted by atomic mass is 35.5. The van der Waals surface area contributed by atoms with Gasteiger partial charge in [-0.05, 0) is 70.1 Å². The van der Waals surface area contributed by atoms with E-state index >= 15 is 0 Å². The lowest BCUT2D eigenvalue weighted by Crippen LogP contribution is -2.45. The largest absolute Gasteiger partial charge is 0.379 e. The van der Waals surface area contributed by atoms with E-state index in [0.717, 1.165) is 54.2 Å². The molecule has 1 N–H and O–H groups in total. The molecule has 4 rings (SSSR count). The Labute approximate surface area is 177 Å². The Morgan fingerprint density at radius 3 is 2.43 bits per heavy atom. The van der Waals surface area contributed by atoms with Crippen molar-refractivity contribution in [2.45, 2.75) is 70.6 Å². The van der Waals surface area contributed by atoms with Gasteiger partial charge in [0.25, 0.3) is 0 Å². The van der Waals surface area contributed by atoms with E-state index in [9.17, 15) is 4.79 Å². The number of aromatic nitrogens is 2. The number of rotatable bonds is 4. The maximum Gasteiger partial charge on any atom is 0.326 e. The molecule has 2 fully saturated rings. The van der Waals surface area contributed by atoms with Crippen LogP contribution in [0.2, 0.25) is 5.02 Å². The first kappa shape index (κ1) is 21.7. The molecular weight excluding hydrogens is 397 g/mol. The molecule has 2 aromatic rings. The highest BCUT2D eigenvalue weighted by Gasteiger charge is 2.30. The van der Waals surface area contributed by atoms with Crippen molar-refractivity contribution in [3.05, 3.63) is 33.2 Å². The monoisotopic (exact) mass is 427 g/mol. The lowest BCUT2D eigenvalue weighted by molar-refractivity contribution is 0.00796. The molecular formula is C21H31Cl2N3O2. The standard InChI is InChI=1S/C21H30ClN3O2.ClH/c1-3-27-17-6-4-15(5-7-17)24-10-8-16(9-11-24)25-20-13-18(22)14(2)12-19(20)23-21(25)26;/h12-13,15-17H,3-11H2,1-2H3,(H,23,26);1H. The Morgan fingerprint density at radius 2 is 1.79 bits per heavy atom. The van der Waals surface area contributed by atoms with Crippen molar-refractivity contribution < 1.29 is 4.74 Å². The van der Waals surface area contributed by atoms with E-state index in [1.54, 1.807) is 0 Å². The number of nitrogens with one attached hydrogen (secondary N) is 1. The second-order valence-corrected chi connectivity index (χ2v) is 8.48. The fourth-order valence-electron chi connectivity index (χ4n) is 4.94. The number of piperidine rings is 1. The number of hydrogen-bond acceptors (Lipinski definition) is 3. The van der Waals surface area contributed by atoms with E-state index in [1.165, 1.54) is 25.7 Å². The van der Waals surface area contributed by atoms with Crippen LogP contribution >= 0.6 is 24.0 Å². The SMILES string of the molecule is CCOC1CCC(N2CCC(n3c(=O)[nH]c4cc(C)c(Cl)cc43)CC2)CC1.Cl. The van der Waals surface area contributed by atoms with E-state index in [2.05, 4.69) is 16.8 Å². The number of ether oxygens (including phenoxy) is 1. The second kappa shape index (κ2) is 9.21. The number of hydrogen-bond donors (Lipinski definition) is 1. The highest BCUT2D eigenvalue weighted by Crippen LogP contribution is 2.31. The lowest BCUT2D eigenvalue weighted by Gasteiger charge is -2.40. The summed E-state index contributed by atoms with van der Waals surface area (Å²) in [5, 5.41) is 0.721. The minimum absolute atomic E-state index is 0. The molecule has 0 atom stereocenters. The third kappa shape index (κ3) is 4.28. The molecule has 1 saturated heterocycles.